The molecule has 0 aliphatic rings. The molecule has 0 fully saturated rings. The lowest BCUT2D eigenvalue weighted by atomic mass is 10.3. The summed E-state index contributed by atoms with van der Waals surface area (Å²) in [5, 5.41) is 8.81. The number of aromatic amines is 1. The molecular formula is C8H5ClN2O2S. The van der Waals surface area contributed by atoms with E-state index in [1.807, 2.05) is 0 Å². The predicted molar refractivity (Wildman–Crippen MR) is 53.9 cm³/mol. The number of halogens is 1. The fraction of sp³-hybridized carbons (Fsp3) is 0. The van der Waals surface area contributed by atoms with Crippen LogP contribution >= 0.6 is 22.9 Å². The van der Waals surface area contributed by atoms with Gasteiger partial charge in [0.25, 0.3) is 0 Å². The molecule has 0 bridgehead atoms. The molecule has 0 unspecified atom stereocenters. The van der Waals surface area contributed by atoms with Gasteiger partial charge in [-0.1, -0.05) is 11.6 Å². The summed E-state index contributed by atoms with van der Waals surface area (Å²) < 4.78 is 0.617. The van der Waals surface area contributed by atoms with Crippen molar-refractivity contribution in [2.24, 2.45) is 0 Å². The molecule has 14 heavy (non-hydrogen) atoms. The third-order valence-electron chi connectivity index (χ3n) is 1.66. The molecule has 0 saturated heterocycles. The summed E-state index contributed by atoms with van der Waals surface area (Å²) in [6.45, 7) is 0. The third-order valence-corrected chi connectivity index (χ3v) is 2.91. The molecule has 72 valence electrons. The van der Waals surface area contributed by atoms with Crippen molar-refractivity contribution < 1.29 is 9.90 Å². The van der Waals surface area contributed by atoms with Crippen LogP contribution in [0.25, 0.3) is 10.6 Å². The van der Waals surface area contributed by atoms with Crippen molar-refractivity contribution in [2.45, 2.75) is 0 Å². The Morgan fingerprint density at radius 1 is 1.57 bits per heavy atom. The Morgan fingerprint density at radius 3 is 2.93 bits per heavy atom. The van der Waals surface area contributed by atoms with Crippen LogP contribution in [-0.2, 0) is 0 Å². The average molecular weight is 229 g/mol. The van der Waals surface area contributed by atoms with Crippen LogP contribution in [-0.4, -0.2) is 21.0 Å². The van der Waals surface area contributed by atoms with Crippen LogP contribution in [0.2, 0.25) is 4.34 Å². The van der Waals surface area contributed by atoms with Crippen molar-refractivity contribution in [1.82, 2.24) is 9.97 Å². The second kappa shape index (κ2) is 3.43. The zero-order chi connectivity index (χ0) is 10.1. The number of aromatic carboxylic acids is 1. The molecule has 0 radical (unpaired) electrons. The normalized spacial score (nSPS) is 10.4. The monoisotopic (exact) mass is 228 g/mol. The van der Waals surface area contributed by atoms with Crippen LogP contribution in [0.5, 0.6) is 0 Å². The number of carboxylic acid groups (broad SMARTS) is 1. The number of nitrogens with one attached hydrogen (secondary N) is 1. The van der Waals surface area contributed by atoms with Gasteiger partial charge < -0.3 is 10.1 Å². The summed E-state index contributed by atoms with van der Waals surface area (Å²) in [5.41, 5.74) is 0.512. The van der Waals surface area contributed by atoms with Gasteiger partial charge in [-0.05, 0) is 12.1 Å². The van der Waals surface area contributed by atoms with E-state index in [1.165, 1.54) is 17.7 Å². The minimum absolute atomic E-state index is 0.0171. The highest BCUT2D eigenvalue weighted by atomic mass is 35.5. The van der Waals surface area contributed by atoms with Crippen molar-refractivity contribution >= 4 is 28.9 Å². The van der Waals surface area contributed by atoms with E-state index in [1.54, 1.807) is 12.1 Å². The zero-order valence-electron chi connectivity index (χ0n) is 6.82. The van der Waals surface area contributed by atoms with Crippen molar-refractivity contribution in [3.63, 3.8) is 0 Å². The molecule has 2 rings (SSSR count). The fourth-order valence-corrected chi connectivity index (χ4v) is 2.15. The summed E-state index contributed by atoms with van der Waals surface area (Å²) in [4.78, 5) is 18.0. The minimum Gasteiger partial charge on any atom is -0.476 e. The Kier molecular flexibility index (Phi) is 2.26. The van der Waals surface area contributed by atoms with Gasteiger partial charge in [0.05, 0.1) is 21.2 Å². The molecule has 6 heteroatoms. The number of imidazole rings is 1. The van der Waals surface area contributed by atoms with Crippen molar-refractivity contribution in [3.05, 3.63) is 28.5 Å². The van der Waals surface area contributed by atoms with E-state index in [0.717, 1.165) is 4.88 Å². The Balaban J connectivity index is 2.51. The summed E-state index contributed by atoms with van der Waals surface area (Å²) in [7, 11) is 0. The molecular weight excluding hydrogens is 224 g/mol. The Bertz CT molecular complexity index is 477. The molecule has 4 nitrogen and oxygen atoms in total. The standard InChI is InChI=1S/C8H5ClN2O2S/c9-5-2-1-4(14-5)6-7(8(12)13)11-3-10-6/h1-3H,(H,10,11)(H,12,13). The minimum atomic E-state index is -1.05. The van der Waals surface area contributed by atoms with E-state index in [4.69, 9.17) is 16.7 Å². The fourth-order valence-electron chi connectivity index (χ4n) is 1.09. The lowest BCUT2D eigenvalue weighted by Crippen LogP contribution is -1.98. The second-order valence-electron chi connectivity index (χ2n) is 2.54. The highest BCUT2D eigenvalue weighted by Crippen LogP contribution is 2.31. The second-order valence-corrected chi connectivity index (χ2v) is 4.25. The van der Waals surface area contributed by atoms with Crippen LogP contribution in [0.15, 0.2) is 18.5 Å². The van der Waals surface area contributed by atoms with E-state index in [0.29, 0.717) is 10.0 Å². The summed E-state index contributed by atoms with van der Waals surface area (Å²) in [6.07, 6.45) is 1.35. The van der Waals surface area contributed by atoms with Gasteiger partial charge in [0.2, 0.25) is 0 Å². The van der Waals surface area contributed by atoms with Crippen LogP contribution in [0.1, 0.15) is 10.5 Å². The number of carbonyl (C=O) groups is 1. The molecule has 2 N–H and O–H groups in total. The number of aromatic nitrogens is 2. The van der Waals surface area contributed by atoms with Crippen LogP contribution in [0.4, 0.5) is 0 Å². The molecule has 0 amide bonds. The molecule has 0 saturated carbocycles. The molecule has 0 spiro atoms. The maximum absolute atomic E-state index is 10.8. The SMILES string of the molecule is O=C(O)c1nc[nH]c1-c1ccc(Cl)s1. The Hall–Kier alpha value is -1.33. The van der Waals surface area contributed by atoms with Crippen molar-refractivity contribution in [3.8, 4) is 10.6 Å². The molecule has 2 aromatic rings. The Labute approximate surface area is 88.2 Å². The molecule has 2 aromatic heterocycles. The number of carboxylic acids is 1. The van der Waals surface area contributed by atoms with Gasteiger partial charge >= 0.3 is 5.97 Å². The quantitative estimate of drug-likeness (QED) is 0.830. The maximum Gasteiger partial charge on any atom is 0.356 e. The van der Waals surface area contributed by atoms with E-state index in [-0.39, 0.29) is 5.69 Å². The summed E-state index contributed by atoms with van der Waals surface area (Å²) in [5.74, 6) is -1.05. The number of H-pyrrole nitrogens is 1. The van der Waals surface area contributed by atoms with E-state index in [2.05, 4.69) is 9.97 Å². The van der Waals surface area contributed by atoms with E-state index in [9.17, 15) is 4.79 Å². The first-order valence-corrected chi connectivity index (χ1v) is 4.90. The predicted octanol–water partition coefficient (Wildman–Crippen LogP) is 2.49. The number of nitrogens with zero attached hydrogens (tertiary/aromatic N) is 1. The number of thiophene rings is 1. The van der Waals surface area contributed by atoms with Gasteiger partial charge in [-0.3, -0.25) is 0 Å². The van der Waals surface area contributed by atoms with Gasteiger partial charge in [0, 0.05) is 0 Å². The number of rotatable bonds is 2. The van der Waals surface area contributed by atoms with Gasteiger partial charge in [0.1, 0.15) is 0 Å². The smallest absolute Gasteiger partial charge is 0.356 e. The van der Waals surface area contributed by atoms with Gasteiger partial charge in [-0.2, -0.15) is 0 Å². The van der Waals surface area contributed by atoms with Crippen molar-refractivity contribution in [1.29, 1.82) is 0 Å². The average Bonchev–Trinajstić information content (AvgIpc) is 2.70. The van der Waals surface area contributed by atoms with Crippen molar-refractivity contribution in [2.75, 3.05) is 0 Å². The Morgan fingerprint density at radius 2 is 2.36 bits per heavy atom. The molecule has 0 aromatic carbocycles. The summed E-state index contributed by atoms with van der Waals surface area (Å²) in [6, 6.07) is 3.47. The highest BCUT2D eigenvalue weighted by molar-refractivity contribution is 7.19. The van der Waals surface area contributed by atoms with Crippen LogP contribution in [0, 0.1) is 0 Å². The third kappa shape index (κ3) is 1.51. The first-order chi connectivity index (χ1) is 6.68. The molecule has 0 aliphatic heterocycles. The van der Waals surface area contributed by atoms with Crippen LogP contribution < -0.4 is 0 Å². The van der Waals surface area contributed by atoms with Gasteiger partial charge in [-0.15, -0.1) is 11.3 Å². The first kappa shape index (κ1) is 9.23. The van der Waals surface area contributed by atoms with Gasteiger partial charge in [-0.25, -0.2) is 9.78 Å². The molecule has 0 atom stereocenters. The van der Waals surface area contributed by atoms with Gasteiger partial charge in [0.15, 0.2) is 5.69 Å². The molecule has 0 aliphatic carbocycles. The molecule has 2 heterocycles. The summed E-state index contributed by atoms with van der Waals surface area (Å²) >= 11 is 7.05. The topological polar surface area (TPSA) is 66.0 Å². The lowest BCUT2D eigenvalue weighted by Gasteiger charge is -1.93. The first-order valence-electron chi connectivity index (χ1n) is 3.71. The number of hydrogen-bond donors (Lipinski definition) is 2. The number of hydrogen-bond acceptors (Lipinski definition) is 3. The van der Waals surface area contributed by atoms with E-state index >= 15 is 0 Å². The van der Waals surface area contributed by atoms with Crippen LogP contribution in [0.3, 0.4) is 0 Å². The largest absolute Gasteiger partial charge is 0.476 e. The maximum atomic E-state index is 10.8. The van der Waals surface area contributed by atoms with E-state index < -0.39 is 5.97 Å². The highest BCUT2D eigenvalue weighted by Gasteiger charge is 2.15. The lowest BCUT2D eigenvalue weighted by molar-refractivity contribution is 0.0692. The zero-order valence-corrected chi connectivity index (χ0v) is 8.39.